The van der Waals surface area contributed by atoms with Crippen LogP contribution in [0, 0.1) is 6.92 Å². The van der Waals surface area contributed by atoms with Crippen molar-refractivity contribution in [1.29, 1.82) is 0 Å². The number of aryl methyl sites for hydroxylation is 1. The van der Waals surface area contributed by atoms with Crippen LogP contribution < -0.4 is 34.9 Å². The number of carbonyl (C=O) groups is 4. The molecular formula is C22H23N2NaO9S3. The Labute approximate surface area is 243 Å². The summed E-state index contributed by atoms with van der Waals surface area (Å²) in [4.78, 5) is 48.7. The number of amides is 2. The van der Waals surface area contributed by atoms with Gasteiger partial charge in [0.25, 0.3) is 0 Å². The Morgan fingerprint density at radius 3 is 2.19 bits per heavy atom. The van der Waals surface area contributed by atoms with Crippen LogP contribution in [0.25, 0.3) is 0 Å². The number of nitrogens with zero attached hydrogens (tertiary/aromatic N) is 1. The van der Waals surface area contributed by atoms with Gasteiger partial charge >= 0.3 is 41.5 Å². The van der Waals surface area contributed by atoms with E-state index in [-0.39, 0.29) is 34.5 Å². The fourth-order valence-corrected chi connectivity index (χ4v) is 6.71. The molecule has 0 saturated carbocycles. The average Bonchev–Trinajstić information content (AvgIpc) is 3.36. The molecular weight excluding hydrogens is 555 g/mol. The zero-order valence-electron chi connectivity index (χ0n) is 20.3. The summed E-state index contributed by atoms with van der Waals surface area (Å²) in [6, 6.07) is 5.44. The van der Waals surface area contributed by atoms with E-state index >= 15 is 0 Å². The summed E-state index contributed by atoms with van der Waals surface area (Å²) in [6.45, 7) is 5.28. The third kappa shape index (κ3) is 6.74. The van der Waals surface area contributed by atoms with Gasteiger partial charge in [-0.25, -0.2) is 13.2 Å². The van der Waals surface area contributed by atoms with E-state index in [0.29, 0.717) is 5.56 Å². The van der Waals surface area contributed by atoms with Crippen LogP contribution in [0.3, 0.4) is 0 Å². The number of hydrogen-bond donors (Lipinski definition) is 3. The Hall–Kier alpha value is -1.94. The van der Waals surface area contributed by atoms with Gasteiger partial charge in [0.15, 0.2) is 5.92 Å². The van der Waals surface area contributed by atoms with Crippen LogP contribution >= 0.6 is 23.1 Å². The largest absolute Gasteiger partial charge is 1.00 e. The van der Waals surface area contributed by atoms with Crippen molar-refractivity contribution in [3.05, 3.63) is 52.2 Å². The van der Waals surface area contributed by atoms with Gasteiger partial charge < -0.3 is 25.0 Å². The molecule has 0 radical (unpaired) electrons. The number of aliphatic carboxylic acids is 2. The maximum Gasteiger partial charge on any atom is 1.00 e. The van der Waals surface area contributed by atoms with Crippen LogP contribution in [0.5, 0.6) is 0 Å². The summed E-state index contributed by atoms with van der Waals surface area (Å²) in [5.41, 5.74) is 1.28. The number of thioether (sulfide) groups is 1. The van der Waals surface area contributed by atoms with E-state index in [0.717, 1.165) is 5.56 Å². The molecule has 11 nitrogen and oxygen atoms in total. The van der Waals surface area contributed by atoms with Gasteiger partial charge in [0.05, 0.1) is 4.90 Å². The summed E-state index contributed by atoms with van der Waals surface area (Å²) in [7, 11) is -4.27. The Balaban J connectivity index is 0.000000339. The van der Waals surface area contributed by atoms with Crippen LogP contribution in [-0.2, 0) is 29.3 Å². The van der Waals surface area contributed by atoms with Gasteiger partial charge in [-0.3, -0.25) is 14.4 Å². The number of carboxylic acids is 2. The zero-order valence-corrected chi connectivity index (χ0v) is 24.7. The van der Waals surface area contributed by atoms with E-state index in [1.165, 1.54) is 40.1 Å². The standard InChI is InChI=1S/C15H16N2O6S2.C7H8O3S.Na/c1-15(2)9(14(22)23)17-11(19)8(12(17)25-15)16-10(18)7(13(20)21)6-3-4-24-5-6;1-6-2-4-7(5-3-6)11(8,9)10;/h3-5,7-9,12H,1-2H3,(H,16,18)(H,20,21)(H,22,23);2-5H,1H3,(H,8,9,10);/q;;+1/p-1/t7?,8-,9+,12-;;/m1../s1. The number of fused-ring (bicyclic) bond motifs is 1. The second-order valence-electron chi connectivity index (χ2n) is 8.68. The monoisotopic (exact) mass is 578 g/mol. The quantitative estimate of drug-likeness (QED) is 0.157. The number of carboxylic acid groups (broad SMARTS) is 2. The van der Waals surface area contributed by atoms with Gasteiger partial charge in [-0.05, 0) is 55.3 Å². The molecule has 2 saturated heterocycles. The van der Waals surface area contributed by atoms with Crippen molar-refractivity contribution < 1.29 is 71.9 Å². The summed E-state index contributed by atoms with van der Waals surface area (Å²) in [6.07, 6.45) is 0. The van der Waals surface area contributed by atoms with Crippen molar-refractivity contribution in [3.63, 3.8) is 0 Å². The molecule has 0 aliphatic carbocycles. The SMILES string of the molecule is CC1(C)S[C@@H]2[C@H](NC(=O)C(C(=O)O)c3ccsc3)C(=O)N2[C@H]1C(=O)O.Cc1ccc(S(=O)(=O)[O-])cc1.[Na+]. The first-order valence-electron chi connectivity index (χ1n) is 10.5. The van der Waals surface area contributed by atoms with Crippen LogP contribution in [-0.4, -0.2) is 74.0 Å². The molecule has 2 aliphatic rings. The molecule has 0 bridgehead atoms. The smallest absolute Gasteiger partial charge is 0.744 e. The molecule has 0 spiro atoms. The van der Waals surface area contributed by atoms with Crippen LogP contribution in [0.1, 0.15) is 30.9 Å². The van der Waals surface area contributed by atoms with Gasteiger partial charge in [0, 0.05) is 4.75 Å². The molecule has 1 aromatic carbocycles. The van der Waals surface area contributed by atoms with Gasteiger partial charge in [0.1, 0.15) is 27.6 Å². The number of benzene rings is 1. The molecule has 1 aromatic heterocycles. The van der Waals surface area contributed by atoms with E-state index in [4.69, 9.17) is 0 Å². The number of rotatable bonds is 6. The summed E-state index contributed by atoms with van der Waals surface area (Å²) >= 11 is 2.56. The predicted octanol–water partition coefficient (Wildman–Crippen LogP) is -1.55. The molecule has 4 atom stereocenters. The number of hydrogen-bond acceptors (Lipinski definition) is 9. The number of thiophene rings is 1. The summed E-state index contributed by atoms with van der Waals surface area (Å²) in [5, 5.41) is 23.9. The van der Waals surface area contributed by atoms with Crippen molar-refractivity contribution in [3.8, 4) is 0 Å². The molecule has 2 fully saturated rings. The zero-order chi connectivity index (χ0) is 27.0. The molecule has 3 N–H and O–H groups in total. The number of β-lactam (4-membered cyclic amide) rings is 1. The van der Waals surface area contributed by atoms with E-state index < -0.39 is 62.0 Å². The van der Waals surface area contributed by atoms with Crippen molar-refractivity contribution in [2.24, 2.45) is 0 Å². The third-order valence-electron chi connectivity index (χ3n) is 5.67. The topological polar surface area (TPSA) is 181 Å². The van der Waals surface area contributed by atoms with Crippen molar-refractivity contribution in [2.45, 2.75) is 53.8 Å². The minimum atomic E-state index is -4.27. The molecule has 1 unspecified atom stereocenters. The number of carbonyl (C=O) groups excluding carboxylic acids is 2. The predicted molar refractivity (Wildman–Crippen MR) is 129 cm³/mol. The first-order chi connectivity index (χ1) is 16.6. The molecule has 4 rings (SSSR count). The van der Waals surface area contributed by atoms with E-state index in [1.54, 1.807) is 42.8 Å². The second kappa shape index (κ2) is 11.8. The average molecular weight is 579 g/mol. The van der Waals surface area contributed by atoms with Crippen molar-refractivity contribution >= 4 is 57.0 Å². The maximum absolute atomic E-state index is 12.4. The van der Waals surface area contributed by atoms with Crippen LogP contribution in [0.2, 0.25) is 0 Å². The molecule has 194 valence electrons. The third-order valence-corrected chi connectivity index (χ3v) is 8.79. The molecule has 3 heterocycles. The fourth-order valence-electron chi connectivity index (χ4n) is 3.93. The van der Waals surface area contributed by atoms with Crippen molar-refractivity contribution in [2.75, 3.05) is 0 Å². The maximum atomic E-state index is 12.4. The Morgan fingerprint density at radius 1 is 1.14 bits per heavy atom. The number of nitrogens with one attached hydrogen (secondary N) is 1. The fraction of sp³-hybridized carbons (Fsp3) is 0.364. The molecule has 2 aromatic rings. The van der Waals surface area contributed by atoms with E-state index in [2.05, 4.69) is 5.32 Å². The Kier molecular flexibility index (Phi) is 10.0. The molecule has 15 heteroatoms. The Bertz CT molecular complexity index is 1280. The van der Waals surface area contributed by atoms with Gasteiger partial charge in [0.2, 0.25) is 11.8 Å². The van der Waals surface area contributed by atoms with E-state index in [9.17, 15) is 42.4 Å². The van der Waals surface area contributed by atoms with E-state index in [1.807, 2.05) is 6.92 Å². The molecule has 37 heavy (non-hydrogen) atoms. The summed E-state index contributed by atoms with van der Waals surface area (Å²) < 4.78 is 30.5. The van der Waals surface area contributed by atoms with Crippen molar-refractivity contribution in [1.82, 2.24) is 10.2 Å². The van der Waals surface area contributed by atoms with Crippen LogP contribution in [0.4, 0.5) is 0 Å². The first kappa shape index (κ1) is 31.3. The normalized spacial score (nSPS) is 22.3. The minimum Gasteiger partial charge on any atom is -0.744 e. The minimum absolute atomic E-state index is 0. The van der Waals surface area contributed by atoms with Gasteiger partial charge in [-0.15, -0.1) is 11.8 Å². The second-order valence-corrected chi connectivity index (χ2v) is 12.6. The van der Waals surface area contributed by atoms with Crippen LogP contribution in [0.15, 0.2) is 46.0 Å². The van der Waals surface area contributed by atoms with Gasteiger partial charge in [-0.1, -0.05) is 17.7 Å². The Morgan fingerprint density at radius 2 is 1.73 bits per heavy atom. The van der Waals surface area contributed by atoms with Gasteiger partial charge in [-0.2, -0.15) is 11.3 Å². The summed E-state index contributed by atoms with van der Waals surface area (Å²) in [5.74, 6) is -5.08. The first-order valence-corrected chi connectivity index (χ1v) is 13.7. The molecule has 2 aliphatic heterocycles. The molecule has 2 amide bonds.